The van der Waals surface area contributed by atoms with Gasteiger partial charge in [0.15, 0.2) is 0 Å². The molecular formula is C9H11ClF3N3S. The zero-order chi connectivity index (χ0) is 12.5. The van der Waals surface area contributed by atoms with Crippen molar-refractivity contribution in [1.29, 1.82) is 0 Å². The molecule has 0 aromatic carbocycles. The molecule has 1 aliphatic rings. The standard InChI is InChI=1S/C9H11ClF3N3S/c10-5-8(3-1-2-4-8)14-7-16-15-6(17-7)9(11,12)13/h1-5H2,(H,14,16). The zero-order valence-electron chi connectivity index (χ0n) is 8.85. The molecule has 1 fully saturated rings. The number of nitrogens with one attached hydrogen (secondary N) is 1. The second-order valence-electron chi connectivity index (χ2n) is 4.16. The van der Waals surface area contributed by atoms with Crippen LogP contribution in [0.5, 0.6) is 0 Å². The maximum Gasteiger partial charge on any atom is 0.445 e. The number of hydrogen-bond acceptors (Lipinski definition) is 4. The maximum atomic E-state index is 12.3. The van der Waals surface area contributed by atoms with Crippen LogP contribution in [0.1, 0.15) is 30.7 Å². The van der Waals surface area contributed by atoms with Gasteiger partial charge in [0.2, 0.25) is 10.1 Å². The summed E-state index contributed by atoms with van der Waals surface area (Å²) in [7, 11) is 0. The van der Waals surface area contributed by atoms with Crippen LogP contribution >= 0.6 is 22.9 Å². The van der Waals surface area contributed by atoms with Crippen LogP contribution < -0.4 is 5.32 Å². The summed E-state index contributed by atoms with van der Waals surface area (Å²) in [6, 6.07) is 0. The van der Waals surface area contributed by atoms with Crippen molar-refractivity contribution in [3.05, 3.63) is 5.01 Å². The Morgan fingerprint density at radius 3 is 2.41 bits per heavy atom. The van der Waals surface area contributed by atoms with E-state index in [1.807, 2.05) is 0 Å². The Bertz CT molecular complexity index is 387. The highest BCUT2D eigenvalue weighted by molar-refractivity contribution is 7.15. The molecule has 3 nitrogen and oxygen atoms in total. The van der Waals surface area contributed by atoms with Gasteiger partial charge < -0.3 is 5.32 Å². The van der Waals surface area contributed by atoms with E-state index >= 15 is 0 Å². The molecule has 96 valence electrons. The van der Waals surface area contributed by atoms with Crippen LogP contribution in [-0.2, 0) is 6.18 Å². The molecule has 1 heterocycles. The van der Waals surface area contributed by atoms with Gasteiger partial charge in [0, 0.05) is 5.88 Å². The molecule has 0 atom stereocenters. The number of anilines is 1. The topological polar surface area (TPSA) is 37.8 Å². The molecule has 0 bridgehead atoms. The van der Waals surface area contributed by atoms with Crippen molar-refractivity contribution in [1.82, 2.24) is 10.2 Å². The van der Waals surface area contributed by atoms with E-state index in [2.05, 4.69) is 15.5 Å². The summed E-state index contributed by atoms with van der Waals surface area (Å²) in [5.74, 6) is 0.369. The van der Waals surface area contributed by atoms with Gasteiger partial charge in [-0.15, -0.1) is 21.8 Å². The Kier molecular flexibility index (Phi) is 3.49. The number of hydrogen-bond donors (Lipinski definition) is 1. The van der Waals surface area contributed by atoms with Crippen molar-refractivity contribution in [2.24, 2.45) is 0 Å². The summed E-state index contributed by atoms with van der Waals surface area (Å²) < 4.78 is 37.0. The van der Waals surface area contributed by atoms with E-state index < -0.39 is 11.2 Å². The summed E-state index contributed by atoms with van der Waals surface area (Å²) in [5.41, 5.74) is -0.316. The number of aromatic nitrogens is 2. The minimum Gasteiger partial charge on any atom is -0.353 e. The minimum absolute atomic E-state index is 0.194. The predicted molar refractivity (Wildman–Crippen MR) is 60.5 cm³/mol. The Morgan fingerprint density at radius 2 is 1.94 bits per heavy atom. The molecule has 0 radical (unpaired) electrons. The lowest BCUT2D eigenvalue weighted by Gasteiger charge is -2.27. The van der Waals surface area contributed by atoms with E-state index in [4.69, 9.17) is 11.6 Å². The summed E-state index contributed by atoms with van der Waals surface area (Å²) in [6.45, 7) is 0. The summed E-state index contributed by atoms with van der Waals surface area (Å²) in [5, 5.41) is 8.93. The molecule has 0 aliphatic heterocycles. The lowest BCUT2D eigenvalue weighted by molar-refractivity contribution is -0.138. The van der Waals surface area contributed by atoms with E-state index in [1.54, 1.807) is 0 Å². The van der Waals surface area contributed by atoms with Crippen LogP contribution in [0.15, 0.2) is 0 Å². The van der Waals surface area contributed by atoms with Gasteiger partial charge in [-0.2, -0.15) is 13.2 Å². The molecule has 0 saturated heterocycles. The van der Waals surface area contributed by atoms with Crippen LogP contribution in [0, 0.1) is 0 Å². The summed E-state index contributed by atoms with van der Waals surface area (Å²) in [6.07, 6.45) is -0.647. The summed E-state index contributed by atoms with van der Waals surface area (Å²) in [4.78, 5) is 0. The molecule has 0 spiro atoms. The Balaban J connectivity index is 2.11. The average molecular weight is 286 g/mol. The normalized spacial score (nSPS) is 19.5. The quantitative estimate of drug-likeness (QED) is 0.864. The highest BCUT2D eigenvalue weighted by Gasteiger charge is 2.38. The zero-order valence-corrected chi connectivity index (χ0v) is 10.4. The molecule has 0 unspecified atom stereocenters. The van der Waals surface area contributed by atoms with Crippen molar-refractivity contribution >= 4 is 28.1 Å². The van der Waals surface area contributed by atoms with Gasteiger partial charge in [-0.05, 0) is 12.8 Å². The Hall–Kier alpha value is -0.560. The second-order valence-corrected chi connectivity index (χ2v) is 5.40. The maximum absolute atomic E-state index is 12.3. The van der Waals surface area contributed by atoms with Crippen molar-refractivity contribution in [3.8, 4) is 0 Å². The molecule has 1 aromatic heterocycles. The highest BCUT2D eigenvalue weighted by Crippen LogP contribution is 2.37. The third kappa shape index (κ3) is 2.82. The van der Waals surface area contributed by atoms with Crippen LogP contribution in [-0.4, -0.2) is 21.6 Å². The number of rotatable bonds is 3. The molecule has 8 heteroatoms. The fourth-order valence-corrected chi connectivity index (χ4v) is 3.02. The van der Waals surface area contributed by atoms with Gasteiger partial charge >= 0.3 is 6.18 Å². The van der Waals surface area contributed by atoms with Crippen LogP contribution in [0.4, 0.5) is 18.3 Å². The van der Waals surface area contributed by atoms with Crippen molar-refractivity contribution in [3.63, 3.8) is 0 Å². The largest absolute Gasteiger partial charge is 0.445 e. The van der Waals surface area contributed by atoms with Crippen LogP contribution in [0.2, 0.25) is 0 Å². The predicted octanol–water partition coefficient (Wildman–Crippen LogP) is 3.52. The van der Waals surface area contributed by atoms with Gasteiger partial charge in [-0.1, -0.05) is 24.2 Å². The SMILES string of the molecule is FC(F)(F)c1nnc(NC2(CCl)CCCC2)s1. The first-order valence-corrected chi connectivity index (χ1v) is 6.55. The second kappa shape index (κ2) is 4.61. The fraction of sp³-hybridized carbons (Fsp3) is 0.778. The lowest BCUT2D eigenvalue weighted by atomic mass is 10.0. The van der Waals surface area contributed by atoms with Gasteiger partial charge in [-0.3, -0.25) is 0 Å². The van der Waals surface area contributed by atoms with Crippen molar-refractivity contribution < 1.29 is 13.2 Å². The monoisotopic (exact) mass is 285 g/mol. The molecule has 1 aliphatic carbocycles. The molecule has 1 aromatic rings. The van der Waals surface area contributed by atoms with Crippen molar-refractivity contribution in [2.75, 3.05) is 11.2 Å². The average Bonchev–Trinajstić information content (AvgIpc) is 2.87. The third-order valence-corrected chi connectivity index (χ3v) is 4.25. The van der Waals surface area contributed by atoms with E-state index in [9.17, 15) is 13.2 Å². The number of halogens is 4. The first-order chi connectivity index (χ1) is 7.95. The number of alkyl halides is 4. The van der Waals surface area contributed by atoms with E-state index in [0.717, 1.165) is 25.7 Å². The minimum atomic E-state index is -4.43. The Morgan fingerprint density at radius 1 is 1.29 bits per heavy atom. The molecule has 2 rings (SSSR count). The van der Waals surface area contributed by atoms with Gasteiger partial charge in [-0.25, -0.2) is 0 Å². The third-order valence-electron chi connectivity index (χ3n) is 2.86. The lowest BCUT2D eigenvalue weighted by Crippen LogP contribution is -2.36. The van der Waals surface area contributed by atoms with Crippen LogP contribution in [0.25, 0.3) is 0 Å². The molecule has 1 saturated carbocycles. The van der Waals surface area contributed by atoms with E-state index in [1.165, 1.54) is 0 Å². The van der Waals surface area contributed by atoms with E-state index in [0.29, 0.717) is 17.2 Å². The van der Waals surface area contributed by atoms with Gasteiger partial charge in [0.1, 0.15) is 0 Å². The van der Waals surface area contributed by atoms with E-state index in [-0.39, 0.29) is 10.7 Å². The van der Waals surface area contributed by atoms with Crippen LogP contribution in [0.3, 0.4) is 0 Å². The highest BCUT2D eigenvalue weighted by atomic mass is 35.5. The van der Waals surface area contributed by atoms with Crippen molar-refractivity contribution in [2.45, 2.75) is 37.4 Å². The smallest absolute Gasteiger partial charge is 0.353 e. The molecule has 1 N–H and O–H groups in total. The first kappa shape index (κ1) is 12.9. The van der Waals surface area contributed by atoms with Gasteiger partial charge in [0.25, 0.3) is 0 Å². The molecular weight excluding hydrogens is 275 g/mol. The molecule has 17 heavy (non-hydrogen) atoms. The van der Waals surface area contributed by atoms with Gasteiger partial charge in [0.05, 0.1) is 5.54 Å². The molecule has 0 amide bonds. The summed E-state index contributed by atoms with van der Waals surface area (Å²) >= 11 is 6.41. The first-order valence-electron chi connectivity index (χ1n) is 5.20. The number of nitrogens with zero attached hydrogens (tertiary/aromatic N) is 2. The fourth-order valence-electron chi connectivity index (χ4n) is 1.96. The Labute approximate surface area is 105 Å².